The number of likely N-dealkylation sites (N-methyl/N-ethyl adjacent to an activating group) is 2. The zero-order valence-electron chi connectivity index (χ0n) is 31.9. The second kappa shape index (κ2) is 30.7. The van der Waals surface area contributed by atoms with Crippen molar-refractivity contribution in [3.63, 3.8) is 0 Å². The largest absolute Gasteiger partial charge is 0.342 e. The number of rotatable bonds is 34. The van der Waals surface area contributed by atoms with Crippen LogP contribution in [-0.2, 0) is 0 Å². The summed E-state index contributed by atoms with van der Waals surface area (Å²) < 4.78 is 0. The van der Waals surface area contributed by atoms with Crippen LogP contribution < -0.4 is 20.0 Å². The molecule has 0 aliphatic rings. The van der Waals surface area contributed by atoms with Gasteiger partial charge in [-0.3, -0.25) is 0 Å². The lowest BCUT2D eigenvalue weighted by Crippen LogP contribution is -2.34. The maximum absolute atomic E-state index is 5.30. The quantitative estimate of drug-likeness (QED) is 0.0748. The third kappa shape index (κ3) is 21.3. The first-order valence-corrected chi connectivity index (χ1v) is 20.2. The minimum absolute atomic E-state index is 0.821. The standard InChI is InChI=1S/C39H79N7/c1-7-11-15-19-23-27-32-45(33-28-24-20-16-12-8-2)38-41-37(44(6)36-31-40-5)42-39(43-38)46(34-29-25-21-17-13-9-3)35-30-26-22-18-14-10-4/h40H,7-36H2,1-6H3. The molecule has 0 spiro atoms. The molecule has 1 N–H and O–H groups in total. The summed E-state index contributed by atoms with van der Waals surface area (Å²) in [5, 5.41) is 3.30. The molecule has 0 fully saturated rings. The summed E-state index contributed by atoms with van der Waals surface area (Å²) in [4.78, 5) is 22.9. The van der Waals surface area contributed by atoms with Crippen molar-refractivity contribution in [1.29, 1.82) is 0 Å². The Hall–Kier alpha value is -1.63. The summed E-state index contributed by atoms with van der Waals surface area (Å²) in [7, 11) is 4.15. The van der Waals surface area contributed by atoms with Gasteiger partial charge >= 0.3 is 0 Å². The molecule has 0 aromatic carbocycles. The lowest BCUT2D eigenvalue weighted by atomic mass is 10.1. The number of hydrogen-bond donors (Lipinski definition) is 1. The van der Waals surface area contributed by atoms with Gasteiger partial charge in [-0.1, -0.05) is 156 Å². The van der Waals surface area contributed by atoms with E-state index in [2.05, 4.69) is 54.8 Å². The molecule has 0 aliphatic heterocycles. The van der Waals surface area contributed by atoms with Crippen LogP contribution in [0.3, 0.4) is 0 Å². The highest BCUT2D eigenvalue weighted by Crippen LogP contribution is 2.22. The fourth-order valence-corrected chi connectivity index (χ4v) is 6.13. The second-order valence-electron chi connectivity index (χ2n) is 13.8. The van der Waals surface area contributed by atoms with E-state index in [1.165, 1.54) is 154 Å². The molecule has 0 bridgehead atoms. The summed E-state index contributed by atoms with van der Waals surface area (Å²) in [6.07, 6.45) is 31.4. The van der Waals surface area contributed by atoms with Gasteiger partial charge in [0.15, 0.2) is 0 Å². The monoisotopic (exact) mass is 646 g/mol. The molecule has 0 atom stereocenters. The van der Waals surface area contributed by atoms with E-state index in [0.29, 0.717) is 0 Å². The molecule has 1 rings (SSSR count). The Labute approximate surface area is 287 Å². The third-order valence-electron chi connectivity index (χ3n) is 9.33. The summed E-state index contributed by atoms with van der Waals surface area (Å²) in [6.45, 7) is 15.1. The van der Waals surface area contributed by atoms with Crippen molar-refractivity contribution < 1.29 is 0 Å². The first-order valence-electron chi connectivity index (χ1n) is 20.2. The van der Waals surface area contributed by atoms with E-state index in [0.717, 1.165) is 57.1 Å². The molecule has 46 heavy (non-hydrogen) atoms. The molecule has 0 amide bonds. The average molecular weight is 646 g/mol. The van der Waals surface area contributed by atoms with Crippen LogP contribution in [0.5, 0.6) is 0 Å². The Bertz CT molecular complexity index is 703. The van der Waals surface area contributed by atoms with Crippen molar-refractivity contribution in [2.75, 3.05) is 68.1 Å². The fraction of sp³-hybridized carbons (Fsp3) is 0.923. The van der Waals surface area contributed by atoms with E-state index in [4.69, 9.17) is 15.0 Å². The van der Waals surface area contributed by atoms with Crippen LogP contribution in [0.15, 0.2) is 0 Å². The second-order valence-corrected chi connectivity index (χ2v) is 13.8. The van der Waals surface area contributed by atoms with Crippen LogP contribution in [-0.4, -0.2) is 68.3 Å². The van der Waals surface area contributed by atoms with Crippen LogP contribution in [0, 0.1) is 0 Å². The maximum atomic E-state index is 5.30. The molecule has 1 aromatic rings. The summed E-state index contributed by atoms with van der Waals surface area (Å²) in [6, 6.07) is 0. The van der Waals surface area contributed by atoms with Crippen molar-refractivity contribution in [3.8, 4) is 0 Å². The highest BCUT2D eigenvalue weighted by molar-refractivity contribution is 5.46. The molecule has 1 aromatic heterocycles. The molecule has 0 saturated heterocycles. The van der Waals surface area contributed by atoms with E-state index in [1.54, 1.807) is 0 Å². The number of unbranched alkanes of at least 4 members (excludes halogenated alkanes) is 20. The molecule has 0 aliphatic carbocycles. The van der Waals surface area contributed by atoms with E-state index in [-0.39, 0.29) is 0 Å². The molecular weight excluding hydrogens is 566 g/mol. The predicted molar refractivity (Wildman–Crippen MR) is 205 cm³/mol. The normalized spacial score (nSPS) is 11.3. The van der Waals surface area contributed by atoms with Gasteiger partial charge in [-0.05, 0) is 32.7 Å². The Morgan fingerprint density at radius 1 is 0.391 bits per heavy atom. The number of nitrogens with zero attached hydrogens (tertiary/aromatic N) is 6. The minimum atomic E-state index is 0.821. The lowest BCUT2D eigenvalue weighted by molar-refractivity contribution is 0.563. The van der Waals surface area contributed by atoms with Gasteiger partial charge in [0.2, 0.25) is 17.8 Å². The predicted octanol–water partition coefficient (Wildman–Crippen LogP) is 10.6. The van der Waals surface area contributed by atoms with Gasteiger partial charge in [0.1, 0.15) is 0 Å². The summed E-state index contributed by atoms with van der Waals surface area (Å²) in [5.74, 6) is 2.62. The third-order valence-corrected chi connectivity index (χ3v) is 9.33. The van der Waals surface area contributed by atoms with E-state index in [9.17, 15) is 0 Å². The highest BCUT2D eigenvalue weighted by Gasteiger charge is 2.19. The number of aromatic nitrogens is 3. The number of anilines is 3. The van der Waals surface area contributed by atoms with Gasteiger partial charge in [0.05, 0.1) is 0 Å². The van der Waals surface area contributed by atoms with E-state index in [1.807, 2.05) is 7.05 Å². The van der Waals surface area contributed by atoms with Crippen LogP contribution in [0.4, 0.5) is 17.8 Å². The molecular formula is C39H79N7. The fourth-order valence-electron chi connectivity index (χ4n) is 6.13. The Kier molecular flexibility index (Phi) is 28.3. The molecule has 7 nitrogen and oxygen atoms in total. The average Bonchev–Trinajstić information content (AvgIpc) is 3.07. The van der Waals surface area contributed by atoms with Crippen molar-refractivity contribution in [2.45, 2.75) is 182 Å². The number of hydrogen-bond acceptors (Lipinski definition) is 7. The first kappa shape index (κ1) is 42.4. The molecule has 0 unspecified atom stereocenters. The summed E-state index contributed by atoms with van der Waals surface area (Å²) >= 11 is 0. The van der Waals surface area contributed by atoms with Crippen molar-refractivity contribution >= 4 is 17.8 Å². The highest BCUT2D eigenvalue weighted by atomic mass is 15.4. The SMILES string of the molecule is CCCCCCCCN(CCCCCCCC)c1nc(N(C)CCNC)nc(N(CCCCCCCC)CCCCCCCC)n1. The summed E-state index contributed by atoms with van der Waals surface area (Å²) in [5.41, 5.74) is 0. The van der Waals surface area contributed by atoms with Gasteiger partial charge < -0.3 is 20.0 Å². The van der Waals surface area contributed by atoms with Gasteiger partial charge in [0.25, 0.3) is 0 Å². The smallest absolute Gasteiger partial charge is 0.231 e. The van der Waals surface area contributed by atoms with Crippen LogP contribution in [0.2, 0.25) is 0 Å². The molecule has 270 valence electrons. The van der Waals surface area contributed by atoms with Gasteiger partial charge in [-0.25, -0.2) is 0 Å². The van der Waals surface area contributed by atoms with Gasteiger partial charge in [-0.15, -0.1) is 0 Å². The topological polar surface area (TPSA) is 60.4 Å². The Balaban J connectivity index is 3.23. The maximum Gasteiger partial charge on any atom is 0.231 e. The van der Waals surface area contributed by atoms with Crippen LogP contribution in [0.1, 0.15) is 182 Å². The zero-order valence-corrected chi connectivity index (χ0v) is 31.9. The van der Waals surface area contributed by atoms with E-state index < -0.39 is 0 Å². The van der Waals surface area contributed by atoms with Crippen LogP contribution in [0.25, 0.3) is 0 Å². The first-order chi connectivity index (χ1) is 22.6. The molecule has 0 radical (unpaired) electrons. The Morgan fingerprint density at radius 3 is 0.978 bits per heavy atom. The number of nitrogens with one attached hydrogen (secondary N) is 1. The lowest BCUT2D eigenvalue weighted by Gasteiger charge is -2.28. The van der Waals surface area contributed by atoms with Crippen molar-refractivity contribution in [3.05, 3.63) is 0 Å². The van der Waals surface area contributed by atoms with Crippen LogP contribution >= 0.6 is 0 Å². The Morgan fingerprint density at radius 2 is 0.674 bits per heavy atom. The van der Waals surface area contributed by atoms with E-state index >= 15 is 0 Å². The minimum Gasteiger partial charge on any atom is -0.342 e. The zero-order chi connectivity index (χ0) is 33.5. The van der Waals surface area contributed by atoms with Gasteiger partial charge in [0, 0.05) is 46.3 Å². The molecule has 7 heteroatoms. The van der Waals surface area contributed by atoms with Crippen molar-refractivity contribution in [2.24, 2.45) is 0 Å². The molecule has 0 saturated carbocycles. The van der Waals surface area contributed by atoms with Gasteiger partial charge in [-0.2, -0.15) is 15.0 Å². The van der Waals surface area contributed by atoms with Crippen molar-refractivity contribution in [1.82, 2.24) is 20.3 Å². The molecule has 1 heterocycles.